The van der Waals surface area contributed by atoms with Gasteiger partial charge in [-0.05, 0) is 12.0 Å². The number of carboxylic acid groups (broad SMARTS) is 1. The molecule has 0 fully saturated rings. The maximum Gasteiger partial charge on any atom is 0.306 e. The van der Waals surface area contributed by atoms with Crippen LogP contribution in [0, 0.1) is 17.2 Å². The fourth-order valence-electron chi connectivity index (χ4n) is 1.81. The Balaban J connectivity index is 2.19. The molecule has 1 heterocycles. The molecule has 20 heavy (non-hydrogen) atoms. The third kappa shape index (κ3) is 3.18. The minimum Gasteiger partial charge on any atom is -0.481 e. The number of nitrogens with zero attached hydrogens (tertiary/aromatic N) is 3. The standard InChI is InChI=1S/C15H13N3O2/c1-10(15(19)20)6-11-2-4-12(5-3-11)14-9-17-8-13(7-16)18-14/h2-5,8-10H,6H2,1H3,(H,19,20). The average molecular weight is 267 g/mol. The third-order valence-corrected chi connectivity index (χ3v) is 2.96. The molecule has 0 saturated heterocycles. The zero-order valence-corrected chi connectivity index (χ0v) is 10.9. The van der Waals surface area contributed by atoms with Crippen molar-refractivity contribution < 1.29 is 9.90 Å². The first-order valence-electron chi connectivity index (χ1n) is 6.14. The van der Waals surface area contributed by atoms with Crippen LogP contribution in [0.5, 0.6) is 0 Å². The van der Waals surface area contributed by atoms with E-state index in [9.17, 15) is 4.79 Å². The summed E-state index contributed by atoms with van der Waals surface area (Å²) < 4.78 is 0. The summed E-state index contributed by atoms with van der Waals surface area (Å²) in [7, 11) is 0. The Hall–Kier alpha value is -2.74. The van der Waals surface area contributed by atoms with E-state index in [2.05, 4.69) is 9.97 Å². The average Bonchev–Trinajstić information content (AvgIpc) is 2.48. The molecule has 1 aromatic heterocycles. The quantitative estimate of drug-likeness (QED) is 0.918. The summed E-state index contributed by atoms with van der Waals surface area (Å²) in [6, 6.07) is 9.40. The van der Waals surface area contributed by atoms with Crippen molar-refractivity contribution in [3.8, 4) is 17.3 Å². The lowest BCUT2D eigenvalue weighted by Crippen LogP contribution is -2.12. The first kappa shape index (κ1) is 13.7. The molecule has 1 N–H and O–H groups in total. The van der Waals surface area contributed by atoms with E-state index in [0.717, 1.165) is 11.1 Å². The maximum absolute atomic E-state index is 10.8. The molecular weight excluding hydrogens is 254 g/mol. The number of carbonyl (C=O) groups is 1. The van der Waals surface area contributed by atoms with Crippen LogP contribution in [0.25, 0.3) is 11.3 Å². The van der Waals surface area contributed by atoms with Crippen molar-refractivity contribution in [2.45, 2.75) is 13.3 Å². The van der Waals surface area contributed by atoms with Crippen LogP contribution in [0.1, 0.15) is 18.2 Å². The number of carboxylic acids is 1. The molecule has 5 nitrogen and oxygen atoms in total. The predicted octanol–water partition coefficient (Wildman–Crippen LogP) is 2.28. The van der Waals surface area contributed by atoms with Gasteiger partial charge in [0.05, 0.1) is 24.0 Å². The highest BCUT2D eigenvalue weighted by Gasteiger charge is 2.11. The van der Waals surface area contributed by atoms with Crippen molar-refractivity contribution in [2.75, 3.05) is 0 Å². The molecule has 2 aromatic rings. The van der Waals surface area contributed by atoms with E-state index < -0.39 is 11.9 Å². The van der Waals surface area contributed by atoms with Gasteiger partial charge in [-0.1, -0.05) is 31.2 Å². The zero-order chi connectivity index (χ0) is 14.5. The van der Waals surface area contributed by atoms with Crippen LogP contribution in [-0.2, 0) is 11.2 Å². The number of hydrogen-bond acceptors (Lipinski definition) is 4. The van der Waals surface area contributed by atoms with Gasteiger partial charge < -0.3 is 5.11 Å². The third-order valence-electron chi connectivity index (χ3n) is 2.96. The summed E-state index contributed by atoms with van der Waals surface area (Å²) in [5.41, 5.74) is 2.70. The Bertz CT molecular complexity index is 660. The molecule has 1 aromatic carbocycles. The van der Waals surface area contributed by atoms with Crippen molar-refractivity contribution >= 4 is 5.97 Å². The molecule has 0 aliphatic rings. The summed E-state index contributed by atoms with van der Waals surface area (Å²) >= 11 is 0. The summed E-state index contributed by atoms with van der Waals surface area (Å²) in [6.07, 6.45) is 3.49. The zero-order valence-electron chi connectivity index (χ0n) is 10.9. The number of aliphatic carboxylic acids is 1. The van der Waals surface area contributed by atoms with Crippen LogP contribution < -0.4 is 0 Å². The van der Waals surface area contributed by atoms with Gasteiger partial charge in [0.15, 0.2) is 5.69 Å². The molecule has 0 radical (unpaired) electrons. The lowest BCUT2D eigenvalue weighted by atomic mass is 10.00. The largest absolute Gasteiger partial charge is 0.481 e. The number of benzene rings is 1. The molecule has 0 spiro atoms. The molecule has 2 rings (SSSR count). The van der Waals surface area contributed by atoms with Crippen molar-refractivity contribution in [1.29, 1.82) is 5.26 Å². The molecule has 100 valence electrons. The van der Waals surface area contributed by atoms with Crippen LogP contribution >= 0.6 is 0 Å². The normalized spacial score (nSPS) is 11.6. The fraction of sp³-hybridized carbons (Fsp3) is 0.200. The van der Waals surface area contributed by atoms with E-state index in [4.69, 9.17) is 10.4 Å². The maximum atomic E-state index is 10.8. The second kappa shape index (κ2) is 5.93. The lowest BCUT2D eigenvalue weighted by Gasteiger charge is -2.07. The Kier molecular flexibility index (Phi) is 4.06. The van der Waals surface area contributed by atoms with E-state index >= 15 is 0 Å². The first-order chi connectivity index (χ1) is 9.60. The number of hydrogen-bond donors (Lipinski definition) is 1. The van der Waals surface area contributed by atoms with Crippen molar-refractivity contribution in [3.63, 3.8) is 0 Å². The SMILES string of the molecule is CC(Cc1ccc(-c2cncc(C#N)n2)cc1)C(=O)O. The lowest BCUT2D eigenvalue weighted by molar-refractivity contribution is -0.141. The van der Waals surface area contributed by atoms with Crippen molar-refractivity contribution in [2.24, 2.45) is 5.92 Å². The highest BCUT2D eigenvalue weighted by atomic mass is 16.4. The summed E-state index contributed by atoms with van der Waals surface area (Å²) in [5.74, 6) is -1.22. The molecule has 0 aliphatic heterocycles. The van der Waals surface area contributed by atoms with E-state index in [1.54, 1.807) is 13.1 Å². The van der Waals surface area contributed by atoms with Crippen LogP contribution in [0.4, 0.5) is 0 Å². The van der Waals surface area contributed by atoms with Gasteiger partial charge in [-0.15, -0.1) is 0 Å². The molecule has 5 heteroatoms. The minimum atomic E-state index is -0.804. The van der Waals surface area contributed by atoms with E-state index in [0.29, 0.717) is 12.1 Å². The van der Waals surface area contributed by atoms with Crippen molar-refractivity contribution in [3.05, 3.63) is 47.9 Å². The Morgan fingerprint density at radius 3 is 2.65 bits per heavy atom. The molecule has 0 amide bonds. The Labute approximate surface area is 116 Å². The highest BCUT2D eigenvalue weighted by molar-refractivity contribution is 5.70. The minimum absolute atomic E-state index is 0.270. The van der Waals surface area contributed by atoms with Crippen LogP contribution in [0.3, 0.4) is 0 Å². The first-order valence-corrected chi connectivity index (χ1v) is 6.14. The van der Waals surface area contributed by atoms with E-state index in [1.165, 1.54) is 6.20 Å². The second-order valence-electron chi connectivity index (χ2n) is 4.54. The van der Waals surface area contributed by atoms with Gasteiger partial charge in [-0.25, -0.2) is 4.98 Å². The molecule has 1 atom stereocenters. The summed E-state index contributed by atoms with van der Waals surface area (Å²) in [5, 5.41) is 17.7. The number of aromatic nitrogens is 2. The van der Waals surface area contributed by atoms with Gasteiger partial charge in [-0.2, -0.15) is 5.26 Å². The predicted molar refractivity (Wildman–Crippen MR) is 72.7 cm³/mol. The van der Waals surface area contributed by atoms with E-state index in [1.807, 2.05) is 30.3 Å². The molecule has 0 saturated carbocycles. The smallest absolute Gasteiger partial charge is 0.306 e. The Morgan fingerprint density at radius 1 is 1.35 bits per heavy atom. The van der Waals surface area contributed by atoms with Gasteiger partial charge in [0.25, 0.3) is 0 Å². The van der Waals surface area contributed by atoms with E-state index in [-0.39, 0.29) is 5.69 Å². The van der Waals surface area contributed by atoms with Crippen LogP contribution in [0.15, 0.2) is 36.7 Å². The van der Waals surface area contributed by atoms with Gasteiger partial charge >= 0.3 is 5.97 Å². The second-order valence-corrected chi connectivity index (χ2v) is 4.54. The highest BCUT2D eigenvalue weighted by Crippen LogP contribution is 2.18. The molecule has 0 bridgehead atoms. The van der Waals surface area contributed by atoms with Crippen LogP contribution in [0.2, 0.25) is 0 Å². The molecule has 0 aliphatic carbocycles. The molecular formula is C15H13N3O2. The summed E-state index contributed by atoms with van der Waals surface area (Å²) in [6.45, 7) is 1.68. The van der Waals surface area contributed by atoms with Crippen LogP contribution in [-0.4, -0.2) is 21.0 Å². The van der Waals surface area contributed by atoms with Gasteiger partial charge in [0.2, 0.25) is 0 Å². The van der Waals surface area contributed by atoms with Gasteiger partial charge in [0, 0.05) is 5.56 Å². The van der Waals surface area contributed by atoms with Gasteiger partial charge in [0.1, 0.15) is 6.07 Å². The fourth-order valence-corrected chi connectivity index (χ4v) is 1.81. The monoisotopic (exact) mass is 267 g/mol. The van der Waals surface area contributed by atoms with Gasteiger partial charge in [-0.3, -0.25) is 9.78 Å². The number of rotatable bonds is 4. The summed E-state index contributed by atoms with van der Waals surface area (Å²) in [4.78, 5) is 18.9. The molecule has 1 unspecified atom stereocenters. The topological polar surface area (TPSA) is 86.9 Å². The number of nitriles is 1. The Morgan fingerprint density at radius 2 is 2.05 bits per heavy atom. The van der Waals surface area contributed by atoms with Crippen molar-refractivity contribution in [1.82, 2.24) is 9.97 Å².